The maximum Gasteiger partial charge on any atom is 0.268 e. The van der Waals surface area contributed by atoms with E-state index in [4.69, 9.17) is 17.3 Å². The Kier molecular flexibility index (Phi) is 6.60. The van der Waals surface area contributed by atoms with E-state index in [1.807, 2.05) is 49.4 Å². The van der Waals surface area contributed by atoms with Crippen molar-refractivity contribution in [2.45, 2.75) is 25.9 Å². The third-order valence-electron chi connectivity index (χ3n) is 5.40. The number of nitrogen functional groups attached to an aromatic ring is 1. The van der Waals surface area contributed by atoms with Crippen LogP contribution in [-0.2, 0) is 17.8 Å². The van der Waals surface area contributed by atoms with Gasteiger partial charge in [0.05, 0.1) is 0 Å². The standard InChI is InChI=1S/C25H24ClN5O2/c1-15-18(9-10-23(27)29-15)14-28-24(32)21(12-16-5-4-7-19(26)11-16)31-25(33)22-13-17-6-2-3-8-20(17)30-22/h2-11,13,21,30H,12,14H2,1H3,(H2,27,29)(H,28,32)(H,31,33)/t21-/m1/s1. The first-order chi connectivity index (χ1) is 15.9. The summed E-state index contributed by atoms with van der Waals surface area (Å²) in [4.78, 5) is 33.4. The number of hydrogen-bond donors (Lipinski definition) is 4. The molecule has 0 bridgehead atoms. The van der Waals surface area contributed by atoms with Crippen molar-refractivity contribution in [3.05, 3.63) is 94.3 Å². The highest BCUT2D eigenvalue weighted by Gasteiger charge is 2.23. The molecule has 1 atom stereocenters. The van der Waals surface area contributed by atoms with Gasteiger partial charge in [-0.1, -0.05) is 48.0 Å². The van der Waals surface area contributed by atoms with E-state index in [2.05, 4.69) is 20.6 Å². The molecule has 0 aliphatic heterocycles. The van der Waals surface area contributed by atoms with E-state index in [0.717, 1.165) is 27.7 Å². The number of amides is 2. The number of pyridine rings is 1. The Balaban J connectivity index is 1.52. The van der Waals surface area contributed by atoms with Gasteiger partial charge in [-0.15, -0.1) is 0 Å². The van der Waals surface area contributed by atoms with Crippen molar-refractivity contribution in [2.75, 3.05) is 5.73 Å². The van der Waals surface area contributed by atoms with Crippen LogP contribution in [0.15, 0.2) is 66.7 Å². The van der Waals surface area contributed by atoms with Crippen LogP contribution in [0.25, 0.3) is 10.9 Å². The highest BCUT2D eigenvalue weighted by Crippen LogP contribution is 2.16. The molecule has 2 amide bonds. The van der Waals surface area contributed by atoms with Crippen LogP contribution >= 0.6 is 11.6 Å². The van der Waals surface area contributed by atoms with E-state index in [1.54, 1.807) is 24.3 Å². The fourth-order valence-corrected chi connectivity index (χ4v) is 3.86. The number of carbonyl (C=O) groups is 2. The minimum Gasteiger partial charge on any atom is -0.384 e. The summed E-state index contributed by atoms with van der Waals surface area (Å²) in [7, 11) is 0. The van der Waals surface area contributed by atoms with Gasteiger partial charge in [0, 0.05) is 34.6 Å². The summed E-state index contributed by atoms with van der Waals surface area (Å²) < 4.78 is 0. The molecule has 5 N–H and O–H groups in total. The molecule has 0 saturated heterocycles. The zero-order valence-corrected chi connectivity index (χ0v) is 18.8. The van der Waals surface area contributed by atoms with E-state index >= 15 is 0 Å². The first-order valence-electron chi connectivity index (χ1n) is 10.5. The highest BCUT2D eigenvalue weighted by molar-refractivity contribution is 6.30. The summed E-state index contributed by atoms with van der Waals surface area (Å²) >= 11 is 6.12. The number of nitrogens with zero attached hydrogens (tertiary/aromatic N) is 1. The van der Waals surface area contributed by atoms with Gasteiger partial charge in [0.25, 0.3) is 5.91 Å². The summed E-state index contributed by atoms with van der Waals surface area (Å²) in [5.74, 6) is -0.249. The molecular weight excluding hydrogens is 438 g/mol. The number of benzene rings is 2. The third-order valence-corrected chi connectivity index (χ3v) is 5.63. The summed E-state index contributed by atoms with van der Waals surface area (Å²) in [6.07, 6.45) is 0.289. The molecular formula is C25H24ClN5O2. The molecule has 7 nitrogen and oxygen atoms in total. The first kappa shape index (κ1) is 22.4. The lowest BCUT2D eigenvalue weighted by molar-refractivity contribution is -0.123. The van der Waals surface area contributed by atoms with Crippen LogP contribution in [0.4, 0.5) is 5.82 Å². The number of hydrogen-bond acceptors (Lipinski definition) is 4. The average Bonchev–Trinajstić information content (AvgIpc) is 3.22. The quantitative estimate of drug-likeness (QED) is 0.335. The molecule has 2 aromatic carbocycles. The van der Waals surface area contributed by atoms with Gasteiger partial charge in [0.2, 0.25) is 5.91 Å². The van der Waals surface area contributed by atoms with Crippen molar-refractivity contribution in [3.8, 4) is 0 Å². The van der Waals surface area contributed by atoms with Crippen LogP contribution in [0.3, 0.4) is 0 Å². The van der Waals surface area contributed by atoms with Crippen LogP contribution in [0, 0.1) is 6.92 Å². The minimum absolute atomic E-state index is 0.270. The lowest BCUT2D eigenvalue weighted by atomic mass is 10.0. The number of H-pyrrole nitrogens is 1. The van der Waals surface area contributed by atoms with Crippen LogP contribution in [0.2, 0.25) is 5.02 Å². The van der Waals surface area contributed by atoms with E-state index in [0.29, 0.717) is 16.5 Å². The van der Waals surface area contributed by atoms with Crippen molar-refractivity contribution in [3.63, 3.8) is 0 Å². The molecule has 0 spiro atoms. The monoisotopic (exact) mass is 461 g/mol. The number of nitrogens with two attached hydrogens (primary N) is 1. The Morgan fingerprint density at radius 2 is 1.91 bits per heavy atom. The smallest absolute Gasteiger partial charge is 0.268 e. The zero-order chi connectivity index (χ0) is 23.4. The summed E-state index contributed by atoms with van der Waals surface area (Å²) in [6.45, 7) is 2.10. The molecule has 8 heteroatoms. The van der Waals surface area contributed by atoms with Gasteiger partial charge in [-0.2, -0.15) is 0 Å². The summed E-state index contributed by atoms with van der Waals surface area (Å²) in [5.41, 5.74) is 9.37. The molecule has 4 aromatic rings. The molecule has 0 radical (unpaired) electrons. The number of aromatic nitrogens is 2. The molecule has 2 aromatic heterocycles. The van der Waals surface area contributed by atoms with Crippen LogP contribution in [0.1, 0.15) is 27.3 Å². The Bertz CT molecular complexity index is 1280. The normalized spacial score (nSPS) is 11.8. The molecule has 168 valence electrons. The van der Waals surface area contributed by atoms with Gasteiger partial charge in [-0.3, -0.25) is 9.59 Å². The first-order valence-corrected chi connectivity index (χ1v) is 10.9. The summed E-state index contributed by atoms with van der Waals surface area (Å²) in [5, 5.41) is 7.25. The zero-order valence-electron chi connectivity index (χ0n) is 18.1. The number of nitrogens with one attached hydrogen (secondary N) is 3. The van der Waals surface area contributed by atoms with E-state index < -0.39 is 6.04 Å². The van der Waals surface area contributed by atoms with Crippen LogP contribution in [0.5, 0.6) is 0 Å². The molecule has 0 aliphatic rings. The van der Waals surface area contributed by atoms with Gasteiger partial charge in [0.1, 0.15) is 17.6 Å². The lowest BCUT2D eigenvalue weighted by Crippen LogP contribution is -2.48. The second-order valence-electron chi connectivity index (χ2n) is 7.83. The lowest BCUT2D eigenvalue weighted by Gasteiger charge is -2.19. The van der Waals surface area contributed by atoms with Crippen molar-refractivity contribution in [2.24, 2.45) is 0 Å². The predicted octanol–water partition coefficient (Wildman–Crippen LogP) is 3.76. The molecule has 0 aliphatic carbocycles. The predicted molar refractivity (Wildman–Crippen MR) is 130 cm³/mol. The third kappa shape index (κ3) is 5.51. The number of aryl methyl sites for hydroxylation is 1. The number of rotatable bonds is 7. The Morgan fingerprint density at radius 1 is 1.09 bits per heavy atom. The van der Waals surface area contributed by atoms with Crippen molar-refractivity contribution < 1.29 is 9.59 Å². The maximum atomic E-state index is 13.1. The Morgan fingerprint density at radius 3 is 2.67 bits per heavy atom. The van der Waals surface area contributed by atoms with Crippen LogP contribution in [-0.4, -0.2) is 27.8 Å². The number of anilines is 1. The molecule has 0 saturated carbocycles. The van der Waals surface area contributed by atoms with Crippen molar-refractivity contribution in [1.82, 2.24) is 20.6 Å². The van der Waals surface area contributed by atoms with Gasteiger partial charge >= 0.3 is 0 Å². The van der Waals surface area contributed by atoms with Gasteiger partial charge in [-0.25, -0.2) is 4.98 Å². The fraction of sp³-hybridized carbons (Fsp3) is 0.160. The SMILES string of the molecule is Cc1nc(N)ccc1CNC(=O)[C@@H](Cc1cccc(Cl)c1)NC(=O)c1cc2ccccc2[nH]1. The van der Waals surface area contributed by atoms with E-state index in [-0.39, 0.29) is 24.8 Å². The number of carbonyl (C=O) groups excluding carboxylic acids is 2. The van der Waals surface area contributed by atoms with Gasteiger partial charge < -0.3 is 21.4 Å². The molecule has 0 unspecified atom stereocenters. The molecule has 2 heterocycles. The van der Waals surface area contributed by atoms with Crippen LogP contribution < -0.4 is 16.4 Å². The molecule has 4 rings (SSSR count). The maximum absolute atomic E-state index is 13.1. The number of halogens is 1. The fourth-order valence-electron chi connectivity index (χ4n) is 3.64. The highest BCUT2D eigenvalue weighted by atomic mass is 35.5. The number of fused-ring (bicyclic) bond motifs is 1. The average molecular weight is 462 g/mol. The number of aromatic amines is 1. The van der Waals surface area contributed by atoms with Gasteiger partial charge in [0.15, 0.2) is 0 Å². The largest absolute Gasteiger partial charge is 0.384 e. The Labute approximate surface area is 196 Å². The topological polar surface area (TPSA) is 113 Å². The molecule has 0 fully saturated rings. The molecule has 33 heavy (non-hydrogen) atoms. The second-order valence-corrected chi connectivity index (χ2v) is 8.27. The van der Waals surface area contributed by atoms with E-state index in [9.17, 15) is 9.59 Å². The Hall–Kier alpha value is -3.84. The minimum atomic E-state index is -0.801. The van der Waals surface area contributed by atoms with Gasteiger partial charge in [-0.05, 0) is 48.4 Å². The second kappa shape index (κ2) is 9.75. The van der Waals surface area contributed by atoms with Crippen molar-refractivity contribution >= 4 is 40.1 Å². The summed E-state index contributed by atoms with van der Waals surface area (Å²) in [6, 6.07) is 19.3. The van der Waals surface area contributed by atoms with Crippen molar-refractivity contribution in [1.29, 1.82) is 0 Å². The van der Waals surface area contributed by atoms with E-state index in [1.165, 1.54) is 0 Å². The number of para-hydroxylation sites is 1.